The molecule has 0 saturated heterocycles. The minimum atomic E-state index is -1.58. The molecule has 0 unspecified atom stereocenters. The molecule has 0 saturated carbocycles. The lowest BCUT2D eigenvalue weighted by molar-refractivity contribution is -0.0458. The number of nitrogens with zero attached hydrogens (tertiary/aromatic N) is 1. The molecule has 15 heavy (non-hydrogen) atoms. The van der Waals surface area contributed by atoms with Crippen molar-refractivity contribution in [1.29, 1.82) is 0 Å². The molecule has 2 rings (SSSR count). The second kappa shape index (κ2) is 3.80. The van der Waals surface area contributed by atoms with Gasteiger partial charge >= 0.3 is 0 Å². The van der Waals surface area contributed by atoms with Gasteiger partial charge in [-0.2, -0.15) is 5.10 Å². The molecule has 2 aromatic rings. The molecule has 0 amide bonds. The quantitative estimate of drug-likeness (QED) is 0.649. The van der Waals surface area contributed by atoms with E-state index in [1.165, 1.54) is 18.2 Å². The molecule has 0 radical (unpaired) electrons. The number of rotatable bonds is 2. The molecule has 0 fully saturated rings. The molecular weight excluding hydrogens is 199 g/mol. The zero-order valence-electron chi connectivity index (χ0n) is 7.68. The first-order chi connectivity index (χ1) is 7.16. The van der Waals surface area contributed by atoms with Gasteiger partial charge in [0.15, 0.2) is 6.29 Å². The molecule has 1 heterocycles. The first-order valence-corrected chi connectivity index (χ1v) is 4.34. The average Bonchev–Trinajstić information content (AvgIpc) is 2.68. The highest BCUT2D eigenvalue weighted by Crippen LogP contribution is 2.19. The molecule has 1 aromatic carbocycles. The minimum absolute atomic E-state index is 0.203. The number of hydrogen-bond donors (Lipinski definition) is 3. The van der Waals surface area contributed by atoms with Gasteiger partial charge in [-0.25, -0.2) is 4.39 Å². The number of halogens is 1. The molecule has 5 heteroatoms. The van der Waals surface area contributed by atoms with Gasteiger partial charge in [0.05, 0.1) is 11.4 Å². The average molecular weight is 208 g/mol. The van der Waals surface area contributed by atoms with E-state index >= 15 is 0 Å². The van der Waals surface area contributed by atoms with Crippen LogP contribution >= 0.6 is 0 Å². The van der Waals surface area contributed by atoms with Crippen molar-refractivity contribution in [1.82, 2.24) is 10.2 Å². The Hall–Kier alpha value is -1.72. The molecule has 0 bridgehead atoms. The van der Waals surface area contributed by atoms with Crippen molar-refractivity contribution in [3.05, 3.63) is 41.8 Å². The second-order valence-electron chi connectivity index (χ2n) is 3.09. The summed E-state index contributed by atoms with van der Waals surface area (Å²) in [6, 6.07) is 7.27. The van der Waals surface area contributed by atoms with Gasteiger partial charge < -0.3 is 10.2 Å². The van der Waals surface area contributed by atoms with E-state index in [0.29, 0.717) is 11.3 Å². The highest BCUT2D eigenvalue weighted by atomic mass is 19.1. The van der Waals surface area contributed by atoms with Crippen molar-refractivity contribution < 1.29 is 14.6 Å². The van der Waals surface area contributed by atoms with E-state index < -0.39 is 6.29 Å². The first-order valence-electron chi connectivity index (χ1n) is 4.34. The third-order valence-corrected chi connectivity index (χ3v) is 2.02. The number of hydrogen-bond acceptors (Lipinski definition) is 3. The Labute approximate surface area is 85.0 Å². The van der Waals surface area contributed by atoms with Crippen molar-refractivity contribution >= 4 is 0 Å². The maximum absolute atomic E-state index is 12.6. The number of H-pyrrole nitrogens is 1. The van der Waals surface area contributed by atoms with Gasteiger partial charge in [0.2, 0.25) is 0 Å². The Bertz CT molecular complexity index is 451. The Morgan fingerprint density at radius 1 is 1.20 bits per heavy atom. The van der Waals surface area contributed by atoms with Gasteiger partial charge in [0.1, 0.15) is 5.82 Å². The summed E-state index contributed by atoms with van der Waals surface area (Å²) in [5, 5.41) is 24.0. The number of aromatic amines is 1. The standard InChI is InChI=1S/C10H9FN2O2/c11-7-3-1-6(2-4-7)8-5-9(10(14)15)13-12-8/h1-5,10,14-15H,(H,12,13). The van der Waals surface area contributed by atoms with Crippen LogP contribution in [0.1, 0.15) is 12.0 Å². The van der Waals surface area contributed by atoms with Crippen molar-refractivity contribution in [3.8, 4) is 11.3 Å². The van der Waals surface area contributed by atoms with E-state index in [0.717, 1.165) is 0 Å². The fourth-order valence-corrected chi connectivity index (χ4v) is 1.24. The van der Waals surface area contributed by atoms with E-state index in [1.54, 1.807) is 12.1 Å². The Morgan fingerprint density at radius 3 is 2.40 bits per heavy atom. The van der Waals surface area contributed by atoms with Crippen LogP contribution in [0, 0.1) is 5.82 Å². The van der Waals surface area contributed by atoms with Gasteiger partial charge in [0, 0.05) is 5.56 Å². The lowest BCUT2D eigenvalue weighted by Crippen LogP contribution is -1.93. The number of nitrogens with one attached hydrogen (secondary N) is 1. The molecule has 0 aliphatic heterocycles. The van der Waals surface area contributed by atoms with Gasteiger partial charge in [-0.3, -0.25) is 5.10 Å². The van der Waals surface area contributed by atoms with Crippen molar-refractivity contribution in [2.45, 2.75) is 6.29 Å². The fourth-order valence-electron chi connectivity index (χ4n) is 1.24. The predicted octanol–water partition coefficient (Wildman–Crippen LogP) is 1.20. The van der Waals surface area contributed by atoms with Crippen molar-refractivity contribution in [2.24, 2.45) is 0 Å². The van der Waals surface area contributed by atoms with E-state index in [-0.39, 0.29) is 11.5 Å². The number of aromatic nitrogens is 2. The second-order valence-corrected chi connectivity index (χ2v) is 3.09. The van der Waals surface area contributed by atoms with E-state index in [4.69, 9.17) is 10.2 Å². The van der Waals surface area contributed by atoms with Gasteiger partial charge in [-0.05, 0) is 30.3 Å². The normalized spacial score (nSPS) is 10.9. The molecule has 3 N–H and O–H groups in total. The SMILES string of the molecule is OC(O)c1cc(-c2ccc(F)cc2)n[nH]1. The highest BCUT2D eigenvalue weighted by Gasteiger charge is 2.08. The lowest BCUT2D eigenvalue weighted by atomic mass is 10.1. The highest BCUT2D eigenvalue weighted by molar-refractivity contribution is 5.59. The predicted molar refractivity (Wildman–Crippen MR) is 51.2 cm³/mol. The largest absolute Gasteiger partial charge is 0.363 e. The first kappa shape index (κ1) is 9.82. The van der Waals surface area contributed by atoms with Crippen molar-refractivity contribution in [2.75, 3.05) is 0 Å². The topological polar surface area (TPSA) is 69.1 Å². The van der Waals surface area contributed by atoms with Crippen LogP contribution in [-0.2, 0) is 0 Å². The van der Waals surface area contributed by atoms with Crippen LogP contribution in [0.2, 0.25) is 0 Å². The number of aliphatic hydroxyl groups is 2. The summed E-state index contributed by atoms with van der Waals surface area (Å²) in [7, 11) is 0. The third-order valence-electron chi connectivity index (χ3n) is 2.02. The summed E-state index contributed by atoms with van der Waals surface area (Å²) >= 11 is 0. The van der Waals surface area contributed by atoms with Gasteiger partial charge in [0.25, 0.3) is 0 Å². The molecular formula is C10H9FN2O2. The zero-order valence-corrected chi connectivity index (χ0v) is 7.68. The van der Waals surface area contributed by atoms with Crippen LogP contribution in [0.15, 0.2) is 30.3 Å². The molecule has 0 spiro atoms. The summed E-state index contributed by atoms with van der Waals surface area (Å²) in [5.41, 5.74) is 1.45. The van der Waals surface area contributed by atoms with Gasteiger partial charge in [-0.15, -0.1) is 0 Å². The van der Waals surface area contributed by atoms with Crippen LogP contribution in [0.3, 0.4) is 0 Å². The summed E-state index contributed by atoms with van der Waals surface area (Å²) < 4.78 is 12.6. The summed E-state index contributed by atoms with van der Waals surface area (Å²) in [4.78, 5) is 0. The Morgan fingerprint density at radius 2 is 1.87 bits per heavy atom. The molecule has 0 aliphatic rings. The van der Waals surface area contributed by atoms with Gasteiger partial charge in [-0.1, -0.05) is 0 Å². The zero-order chi connectivity index (χ0) is 10.8. The maximum Gasteiger partial charge on any atom is 0.195 e. The lowest BCUT2D eigenvalue weighted by Gasteiger charge is -1.96. The Balaban J connectivity index is 2.33. The van der Waals surface area contributed by atoms with Crippen molar-refractivity contribution in [3.63, 3.8) is 0 Å². The summed E-state index contributed by atoms with van der Waals surface area (Å²) in [5.74, 6) is -0.322. The number of benzene rings is 1. The summed E-state index contributed by atoms with van der Waals surface area (Å²) in [6.07, 6.45) is -1.58. The van der Waals surface area contributed by atoms with Crippen LogP contribution in [0.5, 0.6) is 0 Å². The third kappa shape index (κ3) is 2.03. The Kier molecular flexibility index (Phi) is 2.49. The minimum Gasteiger partial charge on any atom is -0.363 e. The number of aliphatic hydroxyl groups excluding tert-OH is 1. The van der Waals surface area contributed by atoms with Crippen LogP contribution < -0.4 is 0 Å². The fraction of sp³-hybridized carbons (Fsp3) is 0.100. The van der Waals surface area contributed by atoms with Crippen LogP contribution in [0.25, 0.3) is 11.3 Å². The molecule has 1 aromatic heterocycles. The molecule has 78 valence electrons. The molecule has 0 aliphatic carbocycles. The van der Waals surface area contributed by atoms with E-state index in [1.807, 2.05) is 0 Å². The molecule has 4 nitrogen and oxygen atoms in total. The monoisotopic (exact) mass is 208 g/mol. The summed E-state index contributed by atoms with van der Waals surface area (Å²) in [6.45, 7) is 0. The van der Waals surface area contributed by atoms with Crippen LogP contribution in [0.4, 0.5) is 4.39 Å². The van der Waals surface area contributed by atoms with Crippen LogP contribution in [-0.4, -0.2) is 20.4 Å². The smallest absolute Gasteiger partial charge is 0.195 e. The molecule has 0 atom stereocenters. The van der Waals surface area contributed by atoms with E-state index in [2.05, 4.69) is 10.2 Å². The van der Waals surface area contributed by atoms with E-state index in [9.17, 15) is 4.39 Å². The maximum atomic E-state index is 12.6.